The fraction of sp³-hybridized carbons (Fsp3) is 1.00. The molecule has 0 amide bonds. The van der Waals surface area contributed by atoms with Crippen molar-refractivity contribution in [3.63, 3.8) is 0 Å². The second-order valence-corrected chi connectivity index (χ2v) is 4.79. The van der Waals surface area contributed by atoms with E-state index in [-0.39, 0.29) is 7.92 Å². The van der Waals surface area contributed by atoms with Crippen molar-refractivity contribution >= 4 is 7.92 Å². The van der Waals surface area contributed by atoms with Crippen LogP contribution in [0.4, 0.5) is 0 Å². The van der Waals surface area contributed by atoms with Crippen LogP contribution in [0.2, 0.25) is 0 Å². The summed E-state index contributed by atoms with van der Waals surface area (Å²) in [6.45, 7) is 7.42. The molecule has 0 aromatic heterocycles. The first-order chi connectivity index (χ1) is 4.35. The summed E-state index contributed by atoms with van der Waals surface area (Å²) in [5.41, 5.74) is 0. The Morgan fingerprint density at radius 3 is 2.00 bits per heavy atom. The van der Waals surface area contributed by atoms with Gasteiger partial charge < -0.3 is 4.74 Å². The van der Waals surface area contributed by atoms with E-state index < -0.39 is 0 Å². The SMILES string of the molecule is CCOCP(CC)CC. The molecule has 1 nitrogen and oxygen atoms in total. The highest BCUT2D eigenvalue weighted by Gasteiger charge is 1.99. The molecule has 0 aromatic rings. The number of rotatable bonds is 5. The van der Waals surface area contributed by atoms with Gasteiger partial charge in [0.15, 0.2) is 0 Å². The predicted molar refractivity (Wildman–Crippen MR) is 44.5 cm³/mol. The van der Waals surface area contributed by atoms with Crippen molar-refractivity contribution in [2.75, 3.05) is 25.3 Å². The summed E-state index contributed by atoms with van der Waals surface area (Å²) < 4.78 is 5.31. The van der Waals surface area contributed by atoms with Gasteiger partial charge in [-0.1, -0.05) is 21.8 Å². The minimum absolute atomic E-state index is 0.216. The van der Waals surface area contributed by atoms with Gasteiger partial charge in [0.05, 0.1) is 6.35 Å². The summed E-state index contributed by atoms with van der Waals surface area (Å²) in [7, 11) is 0.216. The third-order valence-electron chi connectivity index (χ3n) is 1.37. The molecule has 0 aromatic carbocycles. The number of ether oxygens (including phenoxy) is 1. The van der Waals surface area contributed by atoms with Gasteiger partial charge in [0.2, 0.25) is 0 Å². The van der Waals surface area contributed by atoms with Crippen molar-refractivity contribution < 1.29 is 4.74 Å². The van der Waals surface area contributed by atoms with Crippen LogP contribution >= 0.6 is 7.92 Å². The van der Waals surface area contributed by atoms with Crippen LogP contribution < -0.4 is 0 Å². The molecule has 0 aliphatic rings. The van der Waals surface area contributed by atoms with Crippen LogP contribution in [0.15, 0.2) is 0 Å². The summed E-state index contributed by atoms with van der Waals surface area (Å²) in [6.07, 6.45) is 3.64. The molecule has 0 saturated heterocycles. The maximum absolute atomic E-state index is 5.31. The highest BCUT2D eigenvalue weighted by atomic mass is 31.1. The van der Waals surface area contributed by atoms with E-state index in [0.717, 1.165) is 13.0 Å². The van der Waals surface area contributed by atoms with Gasteiger partial charge in [0, 0.05) is 6.61 Å². The Bertz CT molecular complexity index is 52.9. The molecule has 0 unspecified atom stereocenters. The third-order valence-corrected chi connectivity index (χ3v) is 3.71. The van der Waals surface area contributed by atoms with E-state index in [0.29, 0.717) is 0 Å². The Labute approximate surface area is 59.5 Å². The lowest BCUT2D eigenvalue weighted by atomic mass is 10.9. The van der Waals surface area contributed by atoms with Crippen LogP contribution in [0.25, 0.3) is 0 Å². The van der Waals surface area contributed by atoms with Gasteiger partial charge in [0.1, 0.15) is 0 Å². The van der Waals surface area contributed by atoms with Gasteiger partial charge in [-0.3, -0.25) is 0 Å². The molecule has 0 aliphatic carbocycles. The first-order valence-electron chi connectivity index (χ1n) is 3.65. The van der Waals surface area contributed by atoms with E-state index in [9.17, 15) is 0 Å². The van der Waals surface area contributed by atoms with Crippen molar-refractivity contribution in [3.05, 3.63) is 0 Å². The molecule has 0 bridgehead atoms. The van der Waals surface area contributed by atoms with Gasteiger partial charge in [-0.25, -0.2) is 0 Å². The monoisotopic (exact) mass is 148 g/mol. The summed E-state index contributed by atoms with van der Waals surface area (Å²) in [4.78, 5) is 0. The molecular formula is C7H17OP. The normalized spacial score (nSPS) is 10.7. The third kappa shape index (κ3) is 4.87. The second-order valence-electron chi connectivity index (χ2n) is 1.93. The van der Waals surface area contributed by atoms with Crippen molar-refractivity contribution in [2.24, 2.45) is 0 Å². The van der Waals surface area contributed by atoms with E-state index in [4.69, 9.17) is 4.74 Å². The molecule has 0 spiro atoms. The minimum Gasteiger partial charge on any atom is -0.377 e. The zero-order valence-electron chi connectivity index (χ0n) is 6.68. The average molecular weight is 148 g/mol. The van der Waals surface area contributed by atoms with Crippen LogP contribution in [-0.2, 0) is 4.74 Å². The fourth-order valence-electron chi connectivity index (χ4n) is 0.627. The van der Waals surface area contributed by atoms with Crippen LogP contribution in [0.5, 0.6) is 0 Å². The van der Waals surface area contributed by atoms with Crippen LogP contribution in [0.1, 0.15) is 20.8 Å². The first kappa shape index (κ1) is 9.39. The zero-order chi connectivity index (χ0) is 7.11. The van der Waals surface area contributed by atoms with Gasteiger partial charge in [-0.15, -0.1) is 0 Å². The maximum atomic E-state index is 5.31. The van der Waals surface area contributed by atoms with Crippen LogP contribution in [0.3, 0.4) is 0 Å². The zero-order valence-corrected chi connectivity index (χ0v) is 7.58. The lowest BCUT2D eigenvalue weighted by molar-refractivity contribution is 0.196. The Balaban J connectivity index is 3.09. The molecule has 56 valence electrons. The molecule has 0 saturated carbocycles. The second kappa shape index (κ2) is 6.51. The van der Waals surface area contributed by atoms with E-state index in [1.54, 1.807) is 0 Å². The van der Waals surface area contributed by atoms with E-state index in [1.165, 1.54) is 12.3 Å². The van der Waals surface area contributed by atoms with Crippen LogP contribution in [-0.4, -0.2) is 25.3 Å². The lowest BCUT2D eigenvalue weighted by Crippen LogP contribution is -1.94. The summed E-state index contributed by atoms with van der Waals surface area (Å²) in [6, 6.07) is 0. The lowest BCUT2D eigenvalue weighted by Gasteiger charge is -2.11. The Morgan fingerprint density at radius 1 is 1.11 bits per heavy atom. The Hall–Kier alpha value is 0.390. The largest absolute Gasteiger partial charge is 0.377 e. The number of hydrogen-bond donors (Lipinski definition) is 0. The van der Waals surface area contributed by atoms with Gasteiger partial charge in [0.25, 0.3) is 0 Å². The quantitative estimate of drug-likeness (QED) is 0.544. The Morgan fingerprint density at radius 2 is 1.67 bits per heavy atom. The van der Waals surface area contributed by atoms with Crippen molar-refractivity contribution in [3.8, 4) is 0 Å². The fourth-order valence-corrected chi connectivity index (χ4v) is 1.88. The molecule has 0 atom stereocenters. The highest BCUT2D eigenvalue weighted by molar-refractivity contribution is 7.57. The summed E-state index contributed by atoms with van der Waals surface area (Å²) in [5, 5.41) is 0. The van der Waals surface area contributed by atoms with Crippen molar-refractivity contribution in [2.45, 2.75) is 20.8 Å². The molecule has 9 heavy (non-hydrogen) atoms. The molecule has 0 heterocycles. The van der Waals surface area contributed by atoms with Gasteiger partial charge in [-0.05, 0) is 19.2 Å². The smallest absolute Gasteiger partial charge is 0.0658 e. The van der Waals surface area contributed by atoms with Gasteiger partial charge in [-0.2, -0.15) is 0 Å². The molecule has 0 N–H and O–H groups in total. The molecule has 0 radical (unpaired) electrons. The number of hydrogen-bond acceptors (Lipinski definition) is 1. The van der Waals surface area contributed by atoms with Gasteiger partial charge >= 0.3 is 0 Å². The maximum Gasteiger partial charge on any atom is 0.0658 e. The Kier molecular flexibility index (Phi) is 6.79. The molecule has 0 fully saturated rings. The first-order valence-corrected chi connectivity index (χ1v) is 5.54. The van der Waals surface area contributed by atoms with E-state index in [1.807, 2.05) is 0 Å². The topological polar surface area (TPSA) is 9.23 Å². The van der Waals surface area contributed by atoms with Crippen molar-refractivity contribution in [1.29, 1.82) is 0 Å². The van der Waals surface area contributed by atoms with Crippen LogP contribution in [0, 0.1) is 0 Å². The predicted octanol–water partition coefficient (Wildman–Crippen LogP) is 2.50. The summed E-state index contributed by atoms with van der Waals surface area (Å²) >= 11 is 0. The van der Waals surface area contributed by atoms with E-state index in [2.05, 4.69) is 20.8 Å². The van der Waals surface area contributed by atoms with Crippen molar-refractivity contribution in [1.82, 2.24) is 0 Å². The molecule has 2 heteroatoms. The highest BCUT2D eigenvalue weighted by Crippen LogP contribution is 2.33. The molecular weight excluding hydrogens is 131 g/mol. The summed E-state index contributed by atoms with van der Waals surface area (Å²) in [5.74, 6) is 0. The van der Waals surface area contributed by atoms with E-state index >= 15 is 0 Å². The standard InChI is InChI=1S/C7H17OP/c1-4-8-7-9(5-2)6-3/h4-7H2,1-3H3. The molecule has 0 aliphatic heterocycles. The molecule has 0 rings (SSSR count). The minimum atomic E-state index is 0.216. The average Bonchev–Trinajstić information content (AvgIpc) is 1.91.